The van der Waals surface area contributed by atoms with Gasteiger partial charge >= 0.3 is 57.4 Å². The van der Waals surface area contributed by atoms with Crippen molar-refractivity contribution in [2.24, 2.45) is 0 Å². The predicted molar refractivity (Wildman–Crippen MR) is 60.5 cm³/mol. The van der Waals surface area contributed by atoms with Crippen molar-refractivity contribution in [2.45, 2.75) is 0 Å². The molecule has 8 heteroatoms. The van der Waals surface area contributed by atoms with Crippen LogP contribution in [0.4, 0.5) is 0 Å². The average molecular weight is 302 g/mol. The molecule has 0 saturated carbocycles. The normalized spacial score (nSPS) is 8.00. The molecule has 2 aromatic rings. The Kier molecular flexibility index (Phi) is 12.3. The molecule has 1 aromatic heterocycles. The molecule has 0 aliphatic rings. The maximum Gasteiger partial charge on any atom is 1.00 e. The second-order valence-electron chi connectivity index (χ2n) is 3.12. The first-order valence-corrected chi connectivity index (χ1v) is 4.92. The minimum atomic E-state index is -1.38. The van der Waals surface area contributed by atoms with Gasteiger partial charge in [-0.1, -0.05) is 12.1 Å². The molecule has 100 valence electrons. The van der Waals surface area contributed by atoms with Crippen molar-refractivity contribution >= 4 is 11.9 Å². The molecule has 3 N–H and O–H groups in total. The van der Waals surface area contributed by atoms with Crippen LogP contribution in [-0.2, 0) is 0 Å². The van der Waals surface area contributed by atoms with Crippen LogP contribution in [-0.4, -0.2) is 27.5 Å². The smallest absolute Gasteiger partial charge is 0.870 e. The summed E-state index contributed by atoms with van der Waals surface area (Å²) >= 11 is 0. The predicted octanol–water partition coefficient (Wildman–Crippen LogP) is -3.53. The zero-order valence-corrected chi connectivity index (χ0v) is 13.8. The van der Waals surface area contributed by atoms with Gasteiger partial charge in [0.1, 0.15) is 0 Å². The van der Waals surface area contributed by atoms with Crippen LogP contribution in [0, 0.1) is 0 Å². The second-order valence-corrected chi connectivity index (χ2v) is 3.12. The van der Waals surface area contributed by atoms with Gasteiger partial charge in [0.05, 0.1) is 23.9 Å². The quantitative estimate of drug-likeness (QED) is 0.571. The summed E-state index contributed by atoms with van der Waals surface area (Å²) in [4.78, 5) is 27.2. The molecule has 20 heavy (non-hydrogen) atoms. The maximum absolute atomic E-state index is 10.4. The molecule has 0 saturated heterocycles. The number of carbonyl (C=O) groups is 2. The van der Waals surface area contributed by atoms with Crippen molar-refractivity contribution in [3.05, 3.63) is 60.2 Å². The molecule has 0 spiro atoms. The molecule has 0 aliphatic carbocycles. The standard InChI is InChI=1S/C8H6O4.C4H4N2.K.H2O/c9-7(10)5-2-1-3-6(4-5)8(11)12;1-2-6-4-3-5-1;;/h1-4H,(H,9,10)(H,11,12);1-4H;;1H2/q;;+1;/p-1. The summed E-state index contributed by atoms with van der Waals surface area (Å²) < 4.78 is 0. The number of carboxylic acids is 2. The number of hydrogen-bond donors (Lipinski definition) is 1. The summed E-state index contributed by atoms with van der Waals surface area (Å²) in [5, 5.41) is 18.7. The van der Waals surface area contributed by atoms with Gasteiger partial charge in [0.15, 0.2) is 12.4 Å². The van der Waals surface area contributed by atoms with E-state index in [0.29, 0.717) is 0 Å². The number of H-pyrrole nitrogens is 1. The zero-order valence-electron chi connectivity index (χ0n) is 10.7. The number of carbonyl (C=O) groups excluding carboxylic acids is 1. The van der Waals surface area contributed by atoms with Gasteiger partial charge in [-0.05, 0) is 17.7 Å². The van der Waals surface area contributed by atoms with E-state index in [9.17, 15) is 14.7 Å². The van der Waals surface area contributed by atoms with Crippen molar-refractivity contribution in [2.75, 3.05) is 0 Å². The van der Waals surface area contributed by atoms with Crippen molar-refractivity contribution in [3.8, 4) is 0 Å². The zero-order chi connectivity index (χ0) is 13.4. The Morgan fingerprint density at radius 2 is 1.70 bits per heavy atom. The van der Waals surface area contributed by atoms with Crippen LogP contribution in [0.3, 0.4) is 0 Å². The van der Waals surface area contributed by atoms with Crippen LogP contribution < -0.4 is 61.5 Å². The Hall–Kier alpha value is -1.16. The van der Waals surface area contributed by atoms with Gasteiger partial charge in [-0.3, -0.25) is 4.98 Å². The van der Waals surface area contributed by atoms with Crippen molar-refractivity contribution in [1.29, 1.82) is 0 Å². The number of aromatic carboxylic acids is 2. The third-order valence-corrected chi connectivity index (χ3v) is 1.86. The van der Waals surface area contributed by atoms with Gasteiger partial charge in [0, 0.05) is 0 Å². The van der Waals surface area contributed by atoms with Crippen molar-refractivity contribution < 1.29 is 81.6 Å². The summed E-state index contributed by atoms with van der Waals surface area (Å²) in [5.41, 5.74) is -0.188. The molecule has 0 fully saturated rings. The molecule has 0 atom stereocenters. The van der Waals surface area contributed by atoms with E-state index >= 15 is 0 Å². The van der Waals surface area contributed by atoms with E-state index in [1.165, 1.54) is 18.2 Å². The average Bonchev–Trinajstić information content (AvgIpc) is 2.41. The molecule has 0 amide bonds. The number of hydrogen-bond acceptors (Lipinski definition) is 5. The van der Waals surface area contributed by atoms with Crippen LogP contribution in [0.1, 0.15) is 20.7 Å². The van der Waals surface area contributed by atoms with Gasteiger partial charge in [-0.15, -0.1) is 0 Å². The fourth-order valence-corrected chi connectivity index (χ4v) is 1.06. The van der Waals surface area contributed by atoms with E-state index in [-0.39, 0.29) is 68.0 Å². The van der Waals surface area contributed by atoms with Gasteiger partial charge in [-0.25, -0.2) is 9.78 Å². The third kappa shape index (κ3) is 8.10. The molecule has 7 nitrogen and oxygen atoms in total. The Labute approximate surface area is 157 Å². The van der Waals surface area contributed by atoms with E-state index in [1.54, 1.807) is 24.8 Å². The van der Waals surface area contributed by atoms with E-state index in [1.807, 2.05) is 0 Å². The molecule has 0 bridgehead atoms. The van der Waals surface area contributed by atoms with Gasteiger partial charge in [0.25, 0.3) is 0 Å². The van der Waals surface area contributed by atoms with Crippen LogP contribution in [0.2, 0.25) is 0 Å². The number of benzene rings is 1. The molecule has 0 unspecified atom stereocenters. The number of aromatic amines is 1. The van der Waals surface area contributed by atoms with E-state index in [2.05, 4.69) is 9.97 Å². The largest absolute Gasteiger partial charge is 1.00 e. The third-order valence-electron chi connectivity index (χ3n) is 1.86. The summed E-state index contributed by atoms with van der Waals surface area (Å²) in [5.74, 6) is -2.53. The van der Waals surface area contributed by atoms with Crippen LogP contribution in [0.15, 0.2) is 49.1 Å². The number of nitrogens with zero attached hydrogens (tertiary/aromatic N) is 1. The summed E-state index contributed by atoms with van der Waals surface area (Å²) in [6, 6.07) is 5.00. The van der Waals surface area contributed by atoms with Gasteiger partial charge in [-0.2, -0.15) is 0 Å². The van der Waals surface area contributed by atoms with E-state index < -0.39 is 11.9 Å². The SMILES string of the molecule is O=C([O-])c1cccc(C(=O)O)c1.[K+].[OH-].c1c[nH+]ccn1. The first kappa shape index (κ1) is 21.1. The van der Waals surface area contributed by atoms with Gasteiger partial charge in [0.2, 0.25) is 0 Å². The van der Waals surface area contributed by atoms with Crippen LogP contribution in [0.25, 0.3) is 0 Å². The Bertz CT molecular complexity index is 480. The second kappa shape index (κ2) is 11.6. The Morgan fingerprint density at radius 3 is 2.05 bits per heavy atom. The Balaban J connectivity index is 0. The fourth-order valence-electron chi connectivity index (χ4n) is 1.06. The topological polar surface area (TPSA) is 134 Å². The van der Waals surface area contributed by atoms with Crippen LogP contribution >= 0.6 is 0 Å². The molecule has 0 aliphatic heterocycles. The first-order valence-electron chi connectivity index (χ1n) is 4.92. The number of rotatable bonds is 2. The number of aromatic nitrogens is 2. The number of nitrogens with one attached hydrogen (secondary N) is 1. The Morgan fingerprint density at radius 1 is 1.15 bits per heavy atom. The minimum absolute atomic E-state index is 0. The van der Waals surface area contributed by atoms with Crippen molar-refractivity contribution in [3.63, 3.8) is 0 Å². The summed E-state index contributed by atoms with van der Waals surface area (Å²) in [6.07, 6.45) is 6.92. The molecule has 1 heterocycles. The van der Waals surface area contributed by atoms with Crippen molar-refractivity contribution in [1.82, 2.24) is 4.98 Å². The molecule has 1 aromatic carbocycles. The van der Waals surface area contributed by atoms with Crippen LogP contribution in [0.5, 0.6) is 0 Å². The molecule has 0 radical (unpaired) electrons. The summed E-state index contributed by atoms with van der Waals surface area (Å²) in [7, 11) is 0. The molecular formula is C12H11KN2O5. The van der Waals surface area contributed by atoms with E-state index in [0.717, 1.165) is 6.07 Å². The molecular weight excluding hydrogens is 291 g/mol. The first-order chi connectivity index (χ1) is 8.61. The maximum atomic E-state index is 10.4. The summed E-state index contributed by atoms with van der Waals surface area (Å²) in [6.45, 7) is 0. The fraction of sp³-hybridized carbons (Fsp3) is 0. The van der Waals surface area contributed by atoms with Gasteiger partial charge < -0.3 is 20.5 Å². The molecule has 2 rings (SSSR count). The number of carboxylic acid groups (broad SMARTS) is 2. The monoisotopic (exact) mass is 302 g/mol. The minimum Gasteiger partial charge on any atom is -0.870 e. The van der Waals surface area contributed by atoms with E-state index in [4.69, 9.17) is 5.11 Å².